The van der Waals surface area contributed by atoms with Crippen LogP contribution >= 0.6 is 0 Å². The smallest absolute Gasteiger partial charge is 0.310 e. The van der Waals surface area contributed by atoms with E-state index in [2.05, 4.69) is 15.0 Å². The monoisotopic (exact) mass is 538 g/mol. The zero-order chi connectivity index (χ0) is 26.8. The van der Waals surface area contributed by atoms with Crippen molar-refractivity contribution in [1.29, 1.82) is 0 Å². The Bertz CT molecular complexity index is 1390. The highest BCUT2D eigenvalue weighted by atomic mass is 32.2. The molecule has 0 aliphatic heterocycles. The lowest BCUT2D eigenvalue weighted by molar-refractivity contribution is -0.289. The Kier molecular flexibility index (Phi) is 6.10. The van der Waals surface area contributed by atoms with Crippen LogP contribution in [-0.4, -0.2) is 46.0 Å². The number of hydrogen-bond acceptors (Lipinski definition) is 5. The Morgan fingerprint density at radius 3 is 1.80 bits per heavy atom. The van der Waals surface area contributed by atoms with Gasteiger partial charge in [0.2, 0.25) is 0 Å². The van der Waals surface area contributed by atoms with E-state index in [9.17, 15) is 52.3 Å². The average molecular weight is 538 g/mol. The van der Waals surface area contributed by atoms with Crippen molar-refractivity contribution in [3.8, 4) is 11.5 Å². The van der Waals surface area contributed by atoms with Gasteiger partial charge >= 0.3 is 24.2 Å². The van der Waals surface area contributed by atoms with Crippen molar-refractivity contribution in [2.45, 2.75) is 36.0 Å². The third-order valence-corrected chi connectivity index (χ3v) is 6.67. The molecule has 0 aliphatic carbocycles. The van der Waals surface area contributed by atoms with Crippen molar-refractivity contribution in [2.75, 3.05) is 5.75 Å². The van der Waals surface area contributed by atoms with Crippen molar-refractivity contribution >= 4 is 21.0 Å². The molecule has 0 amide bonds. The molecule has 0 N–H and O–H groups in total. The number of alkyl halides is 10. The minimum absolute atomic E-state index is 0.0602. The minimum Gasteiger partial charge on any atom is -0.310 e. The highest BCUT2D eigenvalue weighted by molar-refractivity contribution is 7.91. The van der Waals surface area contributed by atoms with Gasteiger partial charge in [-0.1, -0.05) is 6.92 Å². The second-order valence-corrected chi connectivity index (χ2v) is 9.43. The van der Waals surface area contributed by atoms with Crippen molar-refractivity contribution in [3.63, 3.8) is 0 Å². The Hall–Kier alpha value is -2.98. The summed E-state index contributed by atoms with van der Waals surface area (Å²) in [5.74, 6) is -12.1. The molecule has 0 spiro atoms. The van der Waals surface area contributed by atoms with Crippen LogP contribution in [0.2, 0.25) is 0 Å². The normalized spacial score (nSPS) is 14.1. The van der Waals surface area contributed by atoms with Gasteiger partial charge in [0.15, 0.2) is 21.3 Å². The fraction of sp³-hybridized carbons (Fsp3) is 0.389. The SMILES string of the molecule is CCS(=O)(=O)c1cc(C(F)(F)C(F)(F)F)cnc1-c1nc2cc(C(F)(F)C(F)(F)F)cnc2n1C. The molecule has 17 heteroatoms. The molecule has 0 saturated carbocycles. The van der Waals surface area contributed by atoms with Gasteiger partial charge in [-0.2, -0.15) is 43.9 Å². The van der Waals surface area contributed by atoms with Gasteiger partial charge in [-0.3, -0.25) is 4.98 Å². The molecule has 6 nitrogen and oxygen atoms in total. The van der Waals surface area contributed by atoms with Crippen LogP contribution in [0.4, 0.5) is 43.9 Å². The summed E-state index contributed by atoms with van der Waals surface area (Å²) in [4.78, 5) is 9.56. The fourth-order valence-electron chi connectivity index (χ4n) is 2.96. The number of imidazole rings is 1. The first-order valence-corrected chi connectivity index (χ1v) is 10.9. The van der Waals surface area contributed by atoms with Gasteiger partial charge in [-0.05, 0) is 12.1 Å². The first-order chi connectivity index (χ1) is 15.8. The molecule has 0 saturated heterocycles. The molecule has 0 aliphatic rings. The Morgan fingerprint density at radius 1 is 0.829 bits per heavy atom. The van der Waals surface area contributed by atoms with Crippen molar-refractivity contribution in [1.82, 2.24) is 19.5 Å². The third-order valence-electron chi connectivity index (χ3n) is 4.93. The van der Waals surface area contributed by atoms with Gasteiger partial charge in [0, 0.05) is 19.4 Å². The molecule has 0 fully saturated rings. The summed E-state index contributed by atoms with van der Waals surface area (Å²) in [6, 6.07) is 0.393. The van der Waals surface area contributed by atoms with Crippen LogP contribution in [0, 0.1) is 0 Å². The Balaban J connectivity index is 2.29. The van der Waals surface area contributed by atoms with Gasteiger partial charge < -0.3 is 4.57 Å². The van der Waals surface area contributed by atoms with Crippen LogP contribution in [0.25, 0.3) is 22.7 Å². The topological polar surface area (TPSA) is 77.7 Å². The summed E-state index contributed by atoms with van der Waals surface area (Å²) in [6.45, 7) is 1.07. The highest BCUT2D eigenvalue weighted by Gasteiger charge is 2.60. The van der Waals surface area contributed by atoms with E-state index in [1.807, 2.05) is 0 Å². The molecule has 35 heavy (non-hydrogen) atoms. The van der Waals surface area contributed by atoms with Crippen LogP contribution in [0.3, 0.4) is 0 Å². The van der Waals surface area contributed by atoms with E-state index in [0.29, 0.717) is 6.07 Å². The van der Waals surface area contributed by atoms with Crippen molar-refractivity contribution in [3.05, 3.63) is 35.7 Å². The first-order valence-electron chi connectivity index (χ1n) is 9.21. The molecule has 192 valence electrons. The average Bonchev–Trinajstić information content (AvgIpc) is 3.07. The van der Waals surface area contributed by atoms with E-state index in [0.717, 1.165) is 18.5 Å². The van der Waals surface area contributed by atoms with E-state index in [4.69, 9.17) is 0 Å². The zero-order valence-electron chi connectivity index (χ0n) is 17.3. The number of nitrogens with zero attached hydrogens (tertiary/aromatic N) is 4. The second-order valence-electron chi connectivity index (χ2n) is 7.18. The maximum Gasteiger partial charge on any atom is 0.458 e. The number of rotatable bonds is 5. The fourth-order valence-corrected chi connectivity index (χ4v) is 4.02. The standard InChI is InChI=1S/C18H12F10N4O2S/c1-3-35(33,34)11-5-9(16(21,22)18(26,27)28)6-29-12(11)14-31-10-4-8(7-30-13(10)32(14)2)15(19,20)17(23,24)25/h4-7H,3H2,1-2H3. The predicted molar refractivity (Wildman–Crippen MR) is 99.4 cm³/mol. The van der Waals surface area contributed by atoms with E-state index < -0.39 is 72.8 Å². The van der Waals surface area contributed by atoms with Crippen LogP contribution < -0.4 is 0 Å². The van der Waals surface area contributed by atoms with Gasteiger partial charge in [0.25, 0.3) is 0 Å². The van der Waals surface area contributed by atoms with Crippen LogP contribution in [0.5, 0.6) is 0 Å². The third kappa shape index (κ3) is 4.29. The summed E-state index contributed by atoms with van der Waals surface area (Å²) < 4.78 is 157. The van der Waals surface area contributed by atoms with E-state index in [1.165, 1.54) is 0 Å². The van der Waals surface area contributed by atoms with E-state index in [-0.39, 0.29) is 24.1 Å². The van der Waals surface area contributed by atoms with Gasteiger partial charge in [0.05, 0.1) is 21.8 Å². The number of hydrogen-bond donors (Lipinski definition) is 0. The number of pyridine rings is 2. The molecule has 0 bridgehead atoms. The van der Waals surface area contributed by atoms with Crippen LogP contribution in [-0.2, 0) is 28.7 Å². The summed E-state index contributed by atoms with van der Waals surface area (Å²) in [5.41, 5.74) is -5.01. The number of sulfone groups is 1. The van der Waals surface area contributed by atoms with E-state index in [1.54, 1.807) is 0 Å². The molecule has 0 aromatic carbocycles. The van der Waals surface area contributed by atoms with E-state index >= 15 is 0 Å². The molecule has 3 rings (SSSR count). The van der Waals surface area contributed by atoms with Gasteiger partial charge in [-0.15, -0.1) is 0 Å². The lowest BCUT2D eigenvalue weighted by atomic mass is 10.1. The number of fused-ring (bicyclic) bond motifs is 1. The lowest BCUT2D eigenvalue weighted by Gasteiger charge is -2.20. The summed E-state index contributed by atoms with van der Waals surface area (Å²) in [7, 11) is -3.39. The van der Waals surface area contributed by atoms with Gasteiger partial charge in [0.1, 0.15) is 11.2 Å². The maximum atomic E-state index is 13.8. The molecular weight excluding hydrogens is 526 g/mol. The largest absolute Gasteiger partial charge is 0.458 e. The highest BCUT2D eigenvalue weighted by Crippen LogP contribution is 2.46. The quantitative estimate of drug-likeness (QED) is 0.421. The lowest BCUT2D eigenvalue weighted by Crippen LogP contribution is -2.34. The minimum atomic E-state index is -6.08. The van der Waals surface area contributed by atoms with Crippen LogP contribution in [0.15, 0.2) is 29.4 Å². The Morgan fingerprint density at radius 2 is 1.31 bits per heavy atom. The number of aromatic nitrogens is 4. The molecule has 3 heterocycles. The second kappa shape index (κ2) is 8.03. The maximum absolute atomic E-state index is 13.8. The van der Waals surface area contributed by atoms with Crippen molar-refractivity contribution < 1.29 is 52.3 Å². The molecule has 3 aromatic heterocycles. The number of halogens is 10. The summed E-state index contributed by atoms with van der Waals surface area (Å²) >= 11 is 0. The zero-order valence-corrected chi connectivity index (χ0v) is 18.1. The molecular formula is C18H12F10N4O2S. The number of aryl methyl sites for hydroxylation is 1. The van der Waals surface area contributed by atoms with Crippen molar-refractivity contribution in [2.24, 2.45) is 7.05 Å². The molecule has 0 unspecified atom stereocenters. The predicted octanol–water partition coefficient (Wildman–Crippen LogP) is 5.13. The molecule has 3 aromatic rings. The summed E-state index contributed by atoms with van der Waals surface area (Å²) in [6.07, 6.45) is -11.8. The first kappa shape index (κ1) is 26.6. The Labute approximate surface area is 189 Å². The van der Waals surface area contributed by atoms with Crippen LogP contribution in [0.1, 0.15) is 18.1 Å². The summed E-state index contributed by atoms with van der Waals surface area (Å²) in [5, 5.41) is 0. The molecule has 0 radical (unpaired) electrons. The van der Waals surface area contributed by atoms with Gasteiger partial charge in [-0.25, -0.2) is 18.4 Å². The molecule has 0 atom stereocenters.